The van der Waals surface area contributed by atoms with E-state index in [9.17, 15) is 4.79 Å². The van der Waals surface area contributed by atoms with E-state index in [1.54, 1.807) is 0 Å². The van der Waals surface area contributed by atoms with Crippen molar-refractivity contribution < 1.29 is 4.79 Å². The van der Waals surface area contributed by atoms with Crippen LogP contribution in [0.1, 0.15) is 27.3 Å². The number of nitrogens with zero attached hydrogens (tertiary/aromatic N) is 3. The Hall–Kier alpha value is -2.66. The number of nitrogens with one attached hydrogen (secondary N) is 1. The van der Waals surface area contributed by atoms with Crippen LogP contribution in [0.25, 0.3) is 5.65 Å². The summed E-state index contributed by atoms with van der Waals surface area (Å²) in [7, 11) is 3.96. The summed E-state index contributed by atoms with van der Waals surface area (Å²) in [4.78, 5) is 19.4. The third-order valence-corrected chi connectivity index (χ3v) is 3.94. The van der Waals surface area contributed by atoms with E-state index in [1.807, 2.05) is 73.8 Å². The molecule has 0 atom stereocenters. The maximum absolute atomic E-state index is 12.8. The normalized spacial score (nSPS) is 11.2. The van der Waals surface area contributed by atoms with Crippen molar-refractivity contribution in [3.05, 3.63) is 65.1 Å². The van der Waals surface area contributed by atoms with Gasteiger partial charge in [0.25, 0.3) is 5.91 Å². The largest absolute Gasteiger partial charge is 0.320 e. The second-order valence-corrected chi connectivity index (χ2v) is 6.35. The van der Waals surface area contributed by atoms with Gasteiger partial charge in [-0.25, -0.2) is 4.98 Å². The molecule has 24 heavy (non-hydrogen) atoms. The van der Waals surface area contributed by atoms with Crippen molar-refractivity contribution in [1.82, 2.24) is 14.3 Å². The Balaban J connectivity index is 1.99. The number of carbonyl (C=O) groups excluding carboxylic acids is 1. The molecule has 1 amide bonds. The van der Waals surface area contributed by atoms with Gasteiger partial charge in [-0.3, -0.25) is 4.79 Å². The van der Waals surface area contributed by atoms with Gasteiger partial charge in [-0.2, -0.15) is 0 Å². The van der Waals surface area contributed by atoms with Crippen LogP contribution < -0.4 is 5.32 Å². The smallest absolute Gasteiger partial charge is 0.276 e. The van der Waals surface area contributed by atoms with Crippen LogP contribution >= 0.6 is 0 Å². The number of fused-ring (bicyclic) bond motifs is 1. The summed E-state index contributed by atoms with van der Waals surface area (Å²) in [5.41, 5.74) is 5.17. The first-order chi connectivity index (χ1) is 11.5. The molecule has 3 rings (SSSR count). The highest BCUT2D eigenvalue weighted by molar-refractivity contribution is 6.04. The van der Waals surface area contributed by atoms with Gasteiger partial charge in [-0.1, -0.05) is 23.8 Å². The molecule has 0 spiro atoms. The van der Waals surface area contributed by atoms with Gasteiger partial charge in [0.15, 0.2) is 5.69 Å². The molecule has 0 radical (unpaired) electrons. The van der Waals surface area contributed by atoms with Crippen molar-refractivity contribution in [3.8, 4) is 0 Å². The second kappa shape index (κ2) is 6.45. The molecule has 2 aromatic heterocycles. The average molecular weight is 322 g/mol. The van der Waals surface area contributed by atoms with Crippen molar-refractivity contribution in [2.45, 2.75) is 20.4 Å². The number of aromatic nitrogens is 2. The molecule has 0 aliphatic carbocycles. The summed E-state index contributed by atoms with van der Waals surface area (Å²) in [5, 5.41) is 3.00. The zero-order valence-corrected chi connectivity index (χ0v) is 14.5. The highest BCUT2D eigenvalue weighted by Gasteiger charge is 2.19. The Morgan fingerprint density at radius 2 is 2.00 bits per heavy atom. The molecule has 0 aliphatic rings. The van der Waals surface area contributed by atoms with Crippen molar-refractivity contribution >= 4 is 17.2 Å². The predicted octanol–water partition coefficient (Wildman–Crippen LogP) is 3.27. The molecule has 0 aliphatic heterocycles. The predicted molar refractivity (Wildman–Crippen MR) is 96.5 cm³/mol. The van der Waals surface area contributed by atoms with Gasteiger partial charge in [0.2, 0.25) is 0 Å². The number of aryl methyl sites for hydroxylation is 2. The van der Waals surface area contributed by atoms with Gasteiger partial charge in [0.05, 0.1) is 5.69 Å². The van der Waals surface area contributed by atoms with Crippen LogP contribution in [0.2, 0.25) is 0 Å². The van der Waals surface area contributed by atoms with Crippen molar-refractivity contribution in [2.24, 2.45) is 0 Å². The van der Waals surface area contributed by atoms with Crippen LogP contribution in [0.4, 0.5) is 5.69 Å². The highest BCUT2D eigenvalue weighted by Crippen LogP contribution is 2.19. The van der Waals surface area contributed by atoms with Crippen molar-refractivity contribution in [3.63, 3.8) is 0 Å². The molecule has 2 heterocycles. The number of amides is 1. The van der Waals surface area contributed by atoms with Crippen LogP contribution in [0, 0.1) is 13.8 Å². The fourth-order valence-electron chi connectivity index (χ4n) is 2.81. The highest BCUT2D eigenvalue weighted by atomic mass is 16.1. The summed E-state index contributed by atoms with van der Waals surface area (Å²) < 4.78 is 1.97. The quantitative estimate of drug-likeness (QED) is 0.802. The van der Waals surface area contributed by atoms with Gasteiger partial charge >= 0.3 is 0 Å². The van der Waals surface area contributed by atoms with Crippen molar-refractivity contribution in [2.75, 3.05) is 19.4 Å². The minimum absolute atomic E-state index is 0.178. The van der Waals surface area contributed by atoms with Gasteiger partial charge in [-0.15, -0.1) is 0 Å². The number of hydrogen-bond acceptors (Lipinski definition) is 3. The summed E-state index contributed by atoms with van der Waals surface area (Å²) >= 11 is 0. The maximum Gasteiger partial charge on any atom is 0.276 e. The standard InChI is InChI=1S/C19H22N4O/c1-13-8-9-15(14(2)11-13)20-19(24)18-16(12-22(3)4)23-10-6-5-7-17(23)21-18/h5-11H,12H2,1-4H3,(H,20,24). The van der Waals surface area contributed by atoms with Gasteiger partial charge in [0.1, 0.15) is 5.65 Å². The van der Waals surface area contributed by atoms with E-state index in [0.29, 0.717) is 12.2 Å². The first-order valence-electron chi connectivity index (χ1n) is 7.95. The molecule has 124 valence electrons. The summed E-state index contributed by atoms with van der Waals surface area (Å²) in [6.45, 7) is 4.67. The van der Waals surface area contributed by atoms with E-state index < -0.39 is 0 Å². The average Bonchev–Trinajstić information content (AvgIpc) is 2.88. The maximum atomic E-state index is 12.8. The fraction of sp³-hybridized carbons (Fsp3) is 0.263. The molecule has 5 heteroatoms. The van der Waals surface area contributed by atoms with E-state index in [0.717, 1.165) is 22.6 Å². The third-order valence-electron chi connectivity index (χ3n) is 3.94. The van der Waals surface area contributed by atoms with E-state index in [4.69, 9.17) is 0 Å². The molecule has 0 bridgehead atoms. The van der Waals surface area contributed by atoms with Crippen molar-refractivity contribution in [1.29, 1.82) is 0 Å². The Kier molecular flexibility index (Phi) is 4.36. The van der Waals surface area contributed by atoms with E-state index >= 15 is 0 Å². The first kappa shape index (κ1) is 16.2. The number of carbonyl (C=O) groups is 1. The van der Waals surface area contributed by atoms with Crippen LogP contribution in [0.15, 0.2) is 42.6 Å². The van der Waals surface area contributed by atoms with Crippen LogP contribution in [0.5, 0.6) is 0 Å². The molecule has 0 fully saturated rings. The molecule has 3 aromatic rings. The van der Waals surface area contributed by atoms with E-state index in [1.165, 1.54) is 5.56 Å². The molecule has 1 aromatic carbocycles. The Morgan fingerprint density at radius 1 is 1.21 bits per heavy atom. The number of imidazole rings is 1. The monoisotopic (exact) mass is 322 g/mol. The SMILES string of the molecule is Cc1ccc(NC(=O)c2nc3ccccn3c2CN(C)C)c(C)c1. The zero-order chi connectivity index (χ0) is 17.3. The number of hydrogen-bond donors (Lipinski definition) is 1. The lowest BCUT2D eigenvalue weighted by Gasteiger charge is -2.12. The summed E-state index contributed by atoms with van der Waals surface area (Å²) in [6, 6.07) is 11.8. The van der Waals surface area contributed by atoms with E-state index in [-0.39, 0.29) is 5.91 Å². The number of benzene rings is 1. The molecule has 0 unspecified atom stereocenters. The Morgan fingerprint density at radius 3 is 2.71 bits per heavy atom. The zero-order valence-electron chi connectivity index (χ0n) is 14.5. The molecule has 0 saturated carbocycles. The number of pyridine rings is 1. The molecule has 1 N–H and O–H groups in total. The van der Waals surface area contributed by atoms with E-state index in [2.05, 4.69) is 16.4 Å². The van der Waals surface area contributed by atoms with Gasteiger partial charge in [-0.05, 0) is 51.7 Å². The minimum atomic E-state index is -0.178. The lowest BCUT2D eigenvalue weighted by Crippen LogP contribution is -2.19. The topological polar surface area (TPSA) is 49.6 Å². The summed E-state index contributed by atoms with van der Waals surface area (Å²) in [6.07, 6.45) is 1.94. The molecule has 5 nitrogen and oxygen atoms in total. The lowest BCUT2D eigenvalue weighted by molar-refractivity contribution is 0.102. The number of rotatable bonds is 4. The first-order valence-corrected chi connectivity index (χ1v) is 7.95. The fourth-order valence-corrected chi connectivity index (χ4v) is 2.81. The lowest BCUT2D eigenvalue weighted by atomic mass is 10.1. The molecular formula is C19H22N4O. The Bertz CT molecular complexity index is 896. The molecule has 0 saturated heterocycles. The van der Waals surface area contributed by atoms with Gasteiger partial charge < -0.3 is 14.6 Å². The third kappa shape index (κ3) is 3.16. The van der Waals surface area contributed by atoms with Gasteiger partial charge in [0, 0.05) is 18.4 Å². The van der Waals surface area contributed by atoms with Crippen LogP contribution in [-0.4, -0.2) is 34.3 Å². The minimum Gasteiger partial charge on any atom is -0.320 e. The van der Waals surface area contributed by atoms with Crippen LogP contribution in [-0.2, 0) is 6.54 Å². The van der Waals surface area contributed by atoms with Crippen LogP contribution in [0.3, 0.4) is 0 Å². The summed E-state index contributed by atoms with van der Waals surface area (Å²) in [5.74, 6) is -0.178. The number of anilines is 1. The molecular weight excluding hydrogens is 300 g/mol. The second-order valence-electron chi connectivity index (χ2n) is 6.35. The Labute approximate surface area is 141 Å².